The molecule has 0 fully saturated rings. The van der Waals surface area contributed by atoms with Crippen LogP contribution in [0.4, 0.5) is 0 Å². The van der Waals surface area contributed by atoms with Gasteiger partial charge >= 0.3 is 0 Å². The molecule has 3 heterocycles. The van der Waals surface area contributed by atoms with Crippen molar-refractivity contribution in [2.45, 2.75) is 5.41 Å². The van der Waals surface area contributed by atoms with E-state index in [1.165, 1.54) is 44.2 Å². The fraction of sp³-hybridized carbons (Fsp3) is 0.0172. The van der Waals surface area contributed by atoms with Gasteiger partial charge in [-0.15, -0.1) is 0 Å². The van der Waals surface area contributed by atoms with Crippen LogP contribution in [0.5, 0.6) is 0 Å². The number of hydrogen-bond acceptors (Lipinski definition) is 4. The van der Waals surface area contributed by atoms with Crippen molar-refractivity contribution in [3.05, 3.63) is 241 Å². The van der Waals surface area contributed by atoms with E-state index in [0.29, 0.717) is 17.5 Å². The van der Waals surface area contributed by atoms with Crippen molar-refractivity contribution in [2.75, 3.05) is 0 Å². The maximum absolute atomic E-state index is 6.62. The van der Waals surface area contributed by atoms with Crippen LogP contribution in [0.25, 0.3) is 94.7 Å². The molecule has 1 aliphatic carbocycles. The van der Waals surface area contributed by atoms with Gasteiger partial charge in [0.1, 0.15) is 11.2 Å². The minimum atomic E-state index is -0.493. The monoisotopic (exact) mass is 804 g/mol. The lowest BCUT2D eigenvalue weighted by Crippen LogP contribution is -2.28. The van der Waals surface area contributed by atoms with Crippen LogP contribution in [0.3, 0.4) is 0 Å². The number of aromatic nitrogens is 4. The lowest BCUT2D eigenvalue weighted by molar-refractivity contribution is 0.669. The summed E-state index contributed by atoms with van der Waals surface area (Å²) >= 11 is 0. The highest BCUT2D eigenvalue weighted by Crippen LogP contribution is 2.57. The van der Waals surface area contributed by atoms with Crippen molar-refractivity contribution in [1.29, 1.82) is 0 Å². The molecule has 0 radical (unpaired) electrons. The fourth-order valence-electron chi connectivity index (χ4n) is 10.3. The van der Waals surface area contributed by atoms with E-state index in [-0.39, 0.29) is 0 Å². The van der Waals surface area contributed by atoms with E-state index in [9.17, 15) is 0 Å². The van der Waals surface area contributed by atoms with Crippen molar-refractivity contribution in [3.63, 3.8) is 0 Å². The molecule has 13 rings (SSSR count). The molecule has 0 amide bonds. The molecule has 12 aromatic rings. The topological polar surface area (TPSA) is 56.7 Å². The van der Waals surface area contributed by atoms with Gasteiger partial charge in [0.05, 0.1) is 16.4 Å². The molecule has 294 valence electrons. The molecule has 0 unspecified atom stereocenters. The molecule has 0 N–H and O–H groups in total. The number of furan rings is 1. The van der Waals surface area contributed by atoms with Gasteiger partial charge < -0.3 is 8.98 Å². The van der Waals surface area contributed by atoms with Gasteiger partial charge in [-0.05, 0) is 75.8 Å². The smallest absolute Gasteiger partial charge is 0.164 e. The van der Waals surface area contributed by atoms with Gasteiger partial charge in [-0.1, -0.05) is 176 Å². The summed E-state index contributed by atoms with van der Waals surface area (Å²) in [5.74, 6) is 1.83. The summed E-state index contributed by atoms with van der Waals surface area (Å²) in [6, 6.07) is 77.6. The van der Waals surface area contributed by atoms with Gasteiger partial charge in [-0.3, -0.25) is 0 Å². The van der Waals surface area contributed by atoms with E-state index in [0.717, 1.165) is 55.3 Å². The molecular formula is C58H36N4O. The van der Waals surface area contributed by atoms with Gasteiger partial charge in [-0.2, -0.15) is 0 Å². The van der Waals surface area contributed by atoms with Crippen LogP contribution < -0.4 is 0 Å². The van der Waals surface area contributed by atoms with Crippen molar-refractivity contribution < 1.29 is 4.42 Å². The Morgan fingerprint density at radius 1 is 0.365 bits per heavy atom. The second-order valence-corrected chi connectivity index (χ2v) is 16.3. The fourth-order valence-corrected chi connectivity index (χ4v) is 10.3. The number of benzene rings is 9. The summed E-state index contributed by atoms with van der Waals surface area (Å²) in [5.41, 5.74) is 14.7. The largest absolute Gasteiger partial charge is 0.456 e. The average molecular weight is 805 g/mol. The SMILES string of the molecule is c1ccc(-c2nc(-c3ccccc3)nc(-c3cccc4oc5ccc(-n6c7ccccc7c7cc8c(cc76)-c6ccccc6C8(c6ccccc6)c6ccccc6)cc5c34)n2)cc1. The summed E-state index contributed by atoms with van der Waals surface area (Å²) in [4.78, 5) is 15.2. The van der Waals surface area contributed by atoms with Crippen molar-refractivity contribution >= 4 is 43.7 Å². The molecule has 9 aromatic carbocycles. The van der Waals surface area contributed by atoms with Gasteiger partial charge in [0.25, 0.3) is 0 Å². The quantitative estimate of drug-likeness (QED) is 0.168. The molecule has 0 aliphatic heterocycles. The minimum Gasteiger partial charge on any atom is -0.456 e. The minimum absolute atomic E-state index is 0.493. The second-order valence-electron chi connectivity index (χ2n) is 16.3. The third-order valence-electron chi connectivity index (χ3n) is 12.9. The summed E-state index contributed by atoms with van der Waals surface area (Å²) < 4.78 is 9.04. The van der Waals surface area contributed by atoms with Crippen LogP contribution in [-0.2, 0) is 5.41 Å². The first-order valence-electron chi connectivity index (χ1n) is 21.4. The first-order valence-corrected chi connectivity index (χ1v) is 21.4. The molecule has 0 atom stereocenters. The highest BCUT2D eigenvalue weighted by Gasteiger charge is 2.46. The zero-order chi connectivity index (χ0) is 41.5. The molecule has 0 saturated heterocycles. The first kappa shape index (κ1) is 35.4. The third-order valence-corrected chi connectivity index (χ3v) is 12.9. The average Bonchev–Trinajstić information content (AvgIpc) is 4.00. The highest BCUT2D eigenvalue weighted by atomic mass is 16.3. The molecule has 0 bridgehead atoms. The van der Waals surface area contributed by atoms with Gasteiger partial charge in [0.2, 0.25) is 0 Å². The van der Waals surface area contributed by atoms with Crippen LogP contribution in [0.15, 0.2) is 223 Å². The van der Waals surface area contributed by atoms with Gasteiger partial charge in [0, 0.05) is 43.9 Å². The van der Waals surface area contributed by atoms with Crippen molar-refractivity contribution in [1.82, 2.24) is 19.5 Å². The summed E-state index contributed by atoms with van der Waals surface area (Å²) in [5, 5.41) is 4.36. The molecule has 0 spiro atoms. The number of fused-ring (bicyclic) bond motifs is 9. The number of nitrogens with zero attached hydrogens (tertiary/aromatic N) is 4. The van der Waals surface area contributed by atoms with E-state index in [4.69, 9.17) is 19.4 Å². The summed E-state index contributed by atoms with van der Waals surface area (Å²) in [7, 11) is 0. The molecule has 5 heteroatoms. The number of rotatable bonds is 6. The Hall–Kier alpha value is -8.41. The predicted molar refractivity (Wildman–Crippen MR) is 255 cm³/mol. The second kappa shape index (κ2) is 13.8. The molecular weight excluding hydrogens is 769 g/mol. The van der Waals surface area contributed by atoms with E-state index in [1.807, 2.05) is 72.8 Å². The first-order chi connectivity index (χ1) is 31.2. The van der Waals surface area contributed by atoms with Crippen LogP contribution in [-0.4, -0.2) is 19.5 Å². The number of para-hydroxylation sites is 1. The van der Waals surface area contributed by atoms with Crippen LogP contribution in [0.2, 0.25) is 0 Å². The van der Waals surface area contributed by atoms with Crippen LogP contribution in [0, 0.1) is 0 Å². The Kier molecular flexibility index (Phi) is 7.75. The maximum Gasteiger partial charge on any atom is 0.164 e. The van der Waals surface area contributed by atoms with Crippen LogP contribution in [0.1, 0.15) is 22.3 Å². The molecule has 63 heavy (non-hydrogen) atoms. The molecule has 1 aliphatic rings. The Balaban J connectivity index is 1.06. The Morgan fingerprint density at radius 2 is 0.952 bits per heavy atom. The summed E-state index contributed by atoms with van der Waals surface area (Å²) in [6.45, 7) is 0. The normalized spacial score (nSPS) is 12.9. The predicted octanol–water partition coefficient (Wildman–Crippen LogP) is 14.2. The number of hydrogen-bond donors (Lipinski definition) is 0. The van der Waals surface area contributed by atoms with E-state index < -0.39 is 5.41 Å². The summed E-state index contributed by atoms with van der Waals surface area (Å²) in [6.07, 6.45) is 0. The Labute approximate surface area is 363 Å². The van der Waals surface area contributed by atoms with Crippen molar-refractivity contribution in [2.24, 2.45) is 0 Å². The zero-order valence-corrected chi connectivity index (χ0v) is 34.0. The molecule has 5 nitrogen and oxygen atoms in total. The lowest BCUT2D eigenvalue weighted by atomic mass is 9.67. The lowest BCUT2D eigenvalue weighted by Gasteiger charge is -2.33. The van der Waals surface area contributed by atoms with E-state index in [1.54, 1.807) is 0 Å². The Morgan fingerprint density at radius 3 is 1.65 bits per heavy atom. The standard InChI is InChI=1S/C58H36N4O/c1-5-18-37(19-6-1)55-59-56(38-20-7-2-8-21-38)61-57(60-55)44-28-17-31-53-54(44)47-34-41(32-33-52(47)63-53)62-50-30-16-14-27-43(50)46-35-49-45(36-51(46)62)42-26-13-15-29-48(42)58(49,39-22-9-3-10-23-39)40-24-11-4-12-25-40/h1-36H. The van der Waals surface area contributed by atoms with Gasteiger partial charge in [0.15, 0.2) is 17.5 Å². The maximum atomic E-state index is 6.62. The van der Waals surface area contributed by atoms with Crippen molar-refractivity contribution in [3.8, 4) is 51.0 Å². The van der Waals surface area contributed by atoms with E-state index >= 15 is 0 Å². The zero-order valence-electron chi connectivity index (χ0n) is 34.0. The van der Waals surface area contributed by atoms with E-state index in [2.05, 4.69) is 150 Å². The highest BCUT2D eigenvalue weighted by molar-refractivity contribution is 6.14. The molecule has 0 saturated carbocycles. The Bertz CT molecular complexity index is 3630. The van der Waals surface area contributed by atoms with Crippen LogP contribution >= 0.6 is 0 Å². The third kappa shape index (κ3) is 5.27. The van der Waals surface area contributed by atoms with Gasteiger partial charge in [-0.25, -0.2) is 15.0 Å². The molecule has 3 aromatic heterocycles.